The van der Waals surface area contributed by atoms with Crippen molar-refractivity contribution in [2.24, 2.45) is 5.92 Å². The molecular weight excluding hydrogens is 224 g/mol. The van der Waals surface area contributed by atoms with E-state index in [0.29, 0.717) is 5.92 Å². The molecule has 0 spiro atoms. The summed E-state index contributed by atoms with van der Waals surface area (Å²) in [7, 11) is 0. The summed E-state index contributed by atoms with van der Waals surface area (Å²) < 4.78 is 0. The highest BCUT2D eigenvalue weighted by molar-refractivity contribution is 5.07. The summed E-state index contributed by atoms with van der Waals surface area (Å²) in [4.78, 5) is 11.0. The third-order valence-corrected chi connectivity index (χ3v) is 4.18. The van der Waals surface area contributed by atoms with Crippen LogP contribution in [0.5, 0.6) is 0 Å². The Kier molecular flexibility index (Phi) is 4.97. The van der Waals surface area contributed by atoms with E-state index in [1.54, 1.807) is 6.07 Å². The molecule has 1 aliphatic rings. The molecule has 18 heavy (non-hydrogen) atoms. The fourth-order valence-electron chi connectivity index (χ4n) is 3.01. The molecule has 1 fully saturated rings. The molecule has 0 radical (unpaired) electrons. The molecule has 0 saturated heterocycles. The Balaban J connectivity index is 1.79. The number of hydrogen-bond acceptors (Lipinski definition) is 2. The topological polar surface area (TPSA) is 45.8 Å². The van der Waals surface area contributed by atoms with Crippen molar-refractivity contribution in [2.45, 2.75) is 64.2 Å². The first kappa shape index (κ1) is 13.3. The van der Waals surface area contributed by atoms with Gasteiger partial charge in [-0.25, -0.2) is 5.10 Å². The molecule has 3 heteroatoms. The highest BCUT2D eigenvalue weighted by Gasteiger charge is 2.22. The lowest BCUT2D eigenvalue weighted by Crippen LogP contribution is -2.16. The first-order valence-corrected chi connectivity index (χ1v) is 7.35. The van der Waals surface area contributed by atoms with E-state index in [1.807, 2.05) is 6.07 Å². The van der Waals surface area contributed by atoms with Crippen LogP contribution in [0.3, 0.4) is 0 Å². The highest BCUT2D eigenvalue weighted by atomic mass is 16.1. The van der Waals surface area contributed by atoms with E-state index in [2.05, 4.69) is 17.1 Å². The lowest BCUT2D eigenvalue weighted by molar-refractivity contribution is 0.299. The molecule has 1 N–H and O–H groups in total. The fourth-order valence-corrected chi connectivity index (χ4v) is 3.01. The molecule has 1 heterocycles. The van der Waals surface area contributed by atoms with Crippen LogP contribution in [0, 0.1) is 5.92 Å². The summed E-state index contributed by atoms with van der Waals surface area (Å²) in [5.74, 6) is 1.49. The van der Waals surface area contributed by atoms with Gasteiger partial charge in [0.15, 0.2) is 0 Å². The van der Waals surface area contributed by atoms with Gasteiger partial charge in [0.25, 0.3) is 5.56 Å². The van der Waals surface area contributed by atoms with E-state index < -0.39 is 0 Å². The zero-order valence-electron chi connectivity index (χ0n) is 11.3. The summed E-state index contributed by atoms with van der Waals surface area (Å²) in [5.41, 5.74) is 0.966. The van der Waals surface area contributed by atoms with Crippen molar-refractivity contribution < 1.29 is 0 Å². The number of hydrogen-bond donors (Lipinski definition) is 1. The molecule has 1 aromatic heterocycles. The van der Waals surface area contributed by atoms with Gasteiger partial charge in [0.2, 0.25) is 0 Å². The van der Waals surface area contributed by atoms with E-state index in [4.69, 9.17) is 0 Å². The Morgan fingerprint density at radius 3 is 2.61 bits per heavy atom. The first-order valence-electron chi connectivity index (χ1n) is 7.35. The zero-order chi connectivity index (χ0) is 12.8. The number of nitrogens with zero attached hydrogens (tertiary/aromatic N) is 1. The fraction of sp³-hybridized carbons (Fsp3) is 0.733. The smallest absolute Gasteiger partial charge is 0.264 e. The van der Waals surface area contributed by atoms with Crippen LogP contribution >= 0.6 is 0 Å². The minimum absolute atomic E-state index is 0.105. The maximum Gasteiger partial charge on any atom is 0.264 e. The Hall–Kier alpha value is -1.12. The van der Waals surface area contributed by atoms with Crippen molar-refractivity contribution >= 4 is 0 Å². The van der Waals surface area contributed by atoms with Crippen molar-refractivity contribution in [3.63, 3.8) is 0 Å². The molecule has 1 aliphatic carbocycles. The predicted molar refractivity (Wildman–Crippen MR) is 73.7 cm³/mol. The number of aromatic amines is 1. The number of rotatable bonds is 5. The van der Waals surface area contributed by atoms with Gasteiger partial charge in [-0.15, -0.1) is 0 Å². The summed E-state index contributed by atoms with van der Waals surface area (Å²) in [5, 5.41) is 6.71. The molecule has 2 rings (SSSR count). The molecule has 0 bridgehead atoms. The number of nitrogens with one attached hydrogen (secondary N) is 1. The van der Waals surface area contributed by atoms with Crippen LogP contribution in [0.15, 0.2) is 16.9 Å². The summed E-state index contributed by atoms with van der Waals surface area (Å²) >= 11 is 0. The van der Waals surface area contributed by atoms with Crippen LogP contribution in [0.2, 0.25) is 0 Å². The van der Waals surface area contributed by atoms with Crippen LogP contribution in [0.25, 0.3) is 0 Å². The van der Waals surface area contributed by atoms with Crippen molar-refractivity contribution in [2.75, 3.05) is 0 Å². The van der Waals surface area contributed by atoms with Crippen LogP contribution in [0.1, 0.15) is 69.9 Å². The SMILES string of the molecule is CCCCCC1CCC(c2ccc(=O)[nH]n2)CC1. The maximum atomic E-state index is 11.0. The maximum absolute atomic E-state index is 11.0. The van der Waals surface area contributed by atoms with E-state index in [1.165, 1.54) is 51.4 Å². The highest BCUT2D eigenvalue weighted by Crippen LogP contribution is 2.36. The second kappa shape index (κ2) is 6.72. The molecule has 0 aliphatic heterocycles. The number of aromatic nitrogens is 2. The second-order valence-corrected chi connectivity index (χ2v) is 5.56. The average Bonchev–Trinajstić information content (AvgIpc) is 2.41. The van der Waals surface area contributed by atoms with Gasteiger partial charge >= 0.3 is 0 Å². The molecule has 1 aromatic rings. The van der Waals surface area contributed by atoms with Crippen molar-refractivity contribution in [1.29, 1.82) is 0 Å². The minimum atomic E-state index is -0.105. The van der Waals surface area contributed by atoms with Gasteiger partial charge in [0, 0.05) is 12.0 Å². The van der Waals surface area contributed by atoms with Crippen molar-refractivity contribution in [3.8, 4) is 0 Å². The molecule has 0 aromatic carbocycles. The van der Waals surface area contributed by atoms with E-state index in [9.17, 15) is 4.79 Å². The first-order chi connectivity index (χ1) is 8.79. The van der Waals surface area contributed by atoms with Gasteiger partial charge in [0.1, 0.15) is 0 Å². The van der Waals surface area contributed by atoms with Crippen molar-refractivity contribution in [1.82, 2.24) is 10.2 Å². The Labute approximate surface area is 109 Å². The van der Waals surface area contributed by atoms with Gasteiger partial charge in [0.05, 0.1) is 5.69 Å². The van der Waals surface area contributed by atoms with E-state index in [0.717, 1.165) is 11.6 Å². The van der Waals surface area contributed by atoms with Gasteiger partial charge in [-0.3, -0.25) is 4.79 Å². The lowest BCUT2D eigenvalue weighted by Gasteiger charge is -2.27. The van der Waals surface area contributed by atoms with Gasteiger partial charge in [-0.2, -0.15) is 5.10 Å². The van der Waals surface area contributed by atoms with Gasteiger partial charge < -0.3 is 0 Å². The Morgan fingerprint density at radius 1 is 1.22 bits per heavy atom. The number of unbranched alkanes of at least 4 members (excludes halogenated alkanes) is 2. The van der Waals surface area contributed by atoms with Gasteiger partial charge in [-0.1, -0.05) is 32.6 Å². The summed E-state index contributed by atoms with van der Waals surface area (Å²) in [6.07, 6.45) is 10.6. The monoisotopic (exact) mass is 248 g/mol. The Bertz CT molecular complexity index is 385. The van der Waals surface area contributed by atoms with Crippen LogP contribution in [0.4, 0.5) is 0 Å². The molecule has 1 saturated carbocycles. The molecule has 0 atom stereocenters. The van der Waals surface area contributed by atoms with Crippen LogP contribution in [-0.4, -0.2) is 10.2 Å². The molecular formula is C15H24N2O. The number of H-pyrrole nitrogens is 1. The largest absolute Gasteiger partial charge is 0.268 e. The molecule has 0 unspecified atom stereocenters. The third-order valence-electron chi connectivity index (χ3n) is 4.18. The quantitative estimate of drug-likeness (QED) is 0.809. The van der Waals surface area contributed by atoms with Crippen LogP contribution in [-0.2, 0) is 0 Å². The Morgan fingerprint density at radius 2 is 2.00 bits per heavy atom. The molecule has 3 nitrogen and oxygen atoms in total. The van der Waals surface area contributed by atoms with Gasteiger partial charge in [-0.05, 0) is 37.7 Å². The lowest BCUT2D eigenvalue weighted by atomic mass is 9.78. The summed E-state index contributed by atoms with van der Waals surface area (Å²) in [6.45, 7) is 2.26. The minimum Gasteiger partial charge on any atom is -0.268 e. The summed E-state index contributed by atoms with van der Waals surface area (Å²) in [6, 6.07) is 3.48. The average molecular weight is 248 g/mol. The standard InChI is InChI=1S/C15H24N2O/c1-2-3-4-5-12-6-8-13(9-7-12)14-10-11-15(18)17-16-14/h10-13H,2-9H2,1H3,(H,17,18). The van der Waals surface area contributed by atoms with Crippen LogP contribution < -0.4 is 5.56 Å². The second-order valence-electron chi connectivity index (χ2n) is 5.56. The predicted octanol–water partition coefficient (Wildman–Crippen LogP) is 3.62. The molecule has 100 valence electrons. The zero-order valence-corrected chi connectivity index (χ0v) is 11.3. The third kappa shape index (κ3) is 3.69. The molecule has 0 amide bonds. The van der Waals surface area contributed by atoms with Crippen molar-refractivity contribution in [3.05, 3.63) is 28.2 Å². The normalized spacial score (nSPS) is 24.1. The van der Waals surface area contributed by atoms with E-state index >= 15 is 0 Å². The van der Waals surface area contributed by atoms with E-state index in [-0.39, 0.29) is 5.56 Å².